The third kappa shape index (κ3) is 4.79. The molecule has 0 bridgehead atoms. The predicted octanol–water partition coefficient (Wildman–Crippen LogP) is 2.93. The highest BCUT2D eigenvalue weighted by molar-refractivity contribution is 5.48. The van der Waals surface area contributed by atoms with Crippen LogP contribution in [-0.2, 0) is 17.8 Å². The summed E-state index contributed by atoms with van der Waals surface area (Å²) in [5, 5.41) is 3.38. The van der Waals surface area contributed by atoms with E-state index < -0.39 is 0 Å². The van der Waals surface area contributed by atoms with Gasteiger partial charge in [-0.1, -0.05) is 13.0 Å². The average Bonchev–Trinajstić information content (AvgIpc) is 2.94. The number of imidazole rings is 1. The molecule has 0 aliphatic heterocycles. The Bertz CT molecular complexity index is 540. The van der Waals surface area contributed by atoms with Gasteiger partial charge in [0.15, 0.2) is 0 Å². The molecule has 0 amide bonds. The first-order valence-corrected chi connectivity index (χ1v) is 7.29. The number of nitrogens with zero attached hydrogens (tertiary/aromatic N) is 2. The molecule has 1 aromatic carbocycles. The van der Waals surface area contributed by atoms with Gasteiger partial charge in [0.2, 0.25) is 0 Å². The summed E-state index contributed by atoms with van der Waals surface area (Å²) in [6.45, 7) is 5.01. The molecular formula is C16H23N3O2. The van der Waals surface area contributed by atoms with Crippen LogP contribution in [0.15, 0.2) is 36.7 Å². The Labute approximate surface area is 125 Å². The number of hydrogen-bond donors (Lipinski definition) is 1. The molecule has 0 unspecified atom stereocenters. The Kier molecular flexibility index (Phi) is 6.09. The van der Waals surface area contributed by atoms with E-state index in [2.05, 4.69) is 21.8 Å². The highest BCUT2D eigenvalue weighted by Crippen LogP contribution is 2.18. The number of aromatic nitrogens is 2. The number of nitrogens with one attached hydrogen (secondary N) is 1. The second-order valence-corrected chi connectivity index (χ2v) is 4.76. The molecule has 0 saturated heterocycles. The van der Waals surface area contributed by atoms with Gasteiger partial charge in [0.25, 0.3) is 0 Å². The number of anilines is 1. The number of methoxy groups -OCH3 is 1. The molecule has 1 N–H and O–H groups in total. The molecule has 21 heavy (non-hydrogen) atoms. The number of hydrogen-bond acceptors (Lipinski definition) is 4. The molecule has 2 rings (SSSR count). The Balaban J connectivity index is 1.90. The lowest BCUT2D eigenvalue weighted by Gasteiger charge is -2.11. The minimum atomic E-state index is 0.556. The minimum absolute atomic E-state index is 0.556. The first kappa shape index (κ1) is 15.4. The van der Waals surface area contributed by atoms with Crippen LogP contribution in [0.2, 0.25) is 0 Å². The topological polar surface area (TPSA) is 48.3 Å². The quantitative estimate of drug-likeness (QED) is 0.721. The summed E-state index contributed by atoms with van der Waals surface area (Å²) in [5.74, 6) is 1.89. The van der Waals surface area contributed by atoms with E-state index in [1.54, 1.807) is 7.11 Å². The zero-order chi connectivity index (χ0) is 14.9. The van der Waals surface area contributed by atoms with Crippen molar-refractivity contribution in [2.24, 2.45) is 0 Å². The van der Waals surface area contributed by atoms with Crippen molar-refractivity contribution >= 4 is 5.69 Å². The number of ether oxygens (including phenoxy) is 2. The molecule has 0 fully saturated rings. The fourth-order valence-electron chi connectivity index (χ4n) is 2.07. The Hall–Kier alpha value is -2.01. The summed E-state index contributed by atoms with van der Waals surface area (Å²) in [7, 11) is 1.67. The molecule has 5 heteroatoms. The summed E-state index contributed by atoms with van der Waals surface area (Å²) >= 11 is 0. The minimum Gasteiger partial charge on any atom is -0.491 e. The van der Waals surface area contributed by atoms with Crippen LogP contribution in [0.5, 0.6) is 5.75 Å². The van der Waals surface area contributed by atoms with E-state index in [9.17, 15) is 0 Å². The molecule has 0 radical (unpaired) electrons. The van der Waals surface area contributed by atoms with Crippen molar-refractivity contribution in [1.82, 2.24) is 9.55 Å². The maximum absolute atomic E-state index is 5.60. The van der Waals surface area contributed by atoms with E-state index in [1.165, 1.54) is 0 Å². The summed E-state index contributed by atoms with van der Waals surface area (Å²) in [6.07, 6.45) is 4.97. The van der Waals surface area contributed by atoms with E-state index in [4.69, 9.17) is 9.47 Å². The van der Waals surface area contributed by atoms with E-state index in [-0.39, 0.29) is 0 Å². The van der Waals surface area contributed by atoms with Gasteiger partial charge in [-0.05, 0) is 18.6 Å². The van der Waals surface area contributed by atoms with Crippen molar-refractivity contribution in [1.29, 1.82) is 0 Å². The van der Waals surface area contributed by atoms with Crippen LogP contribution in [0.3, 0.4) is 0 Å². The number of aryl methyl sites for hydroxylation is 1. The van der Waals surface area contributed by atoms with Crippen molar-refractivity contribution < 1.29 is 9.47 Å². The zero-order valence-electron chi connectivity index (χ0n) is 12.7. The Morgan fingerprint density at radius 3 is 3.00 bits per heavy atom. The van der Waals surface area contributed by atoms with E-state index in [0.717, 1.165) is 30.2 Å². The average molecular weight is 289 g/mol. The lowest BCUT2D eigenvalue weighted by Crippen LogP contribution is -2.08. The summed E-state index contributed by atoms with van der Waals surface area (Å²) < 4.78 is 12.7. The smallest absolute Gasteiger partial charge is 0.128 e. The summed E-state index contributed by atoms with van der Waals surface area (Å²) in [4.78, 5) is 4.39. The molecule has 1 heterocycles. The first-order chi connectivity index (χ1) is 10.3. The Morgan fingerprint density at radius 2 is 2.19 bits per heavy atom. The molecule has 1 aromatic heterocycles. The maximum atomic E-state index is 5.60. The van der Waals surface area contributed by atoms with Gasteiger partial charge >= 0.3 is 0 Å². The van der Waals surface area contributed by atoms with E-state index in [1.807, 2.05) is 36.7 Å². The third-order valence-corrected chi connectivity index (χ3v) is 3.11. The standard InChI is InChI=1S/C16H23N3O2/c1-3-8-19-9-7-17-16(19)13-18-14-5-4-6-15(12-14)21-11-10-20-2/h4-7,9,12,18H,3,8,10-11,13H2,1-2H3. The fourth-order valence-corrected chi connectivity index (χ4v) is 2.07. The van der Waals surface area contributed by atoms with Crippen LogP contribution in [0.4, 0.5) is 5.69 Å². The second kappa shape index (κ2) is 8.32. The largest absolute Gasteiger partial charge is 0.491 e. The van der Waals surface area contributed by atoms with Crippen molar-refractivity contribution in [3.05, 3.63) is 42.5 Å². The van der Waals surface area contributed by atoms with Crippen molar-refractivity contribution in [3.63, 3.8) is 0 Å². The maximum Gasteiger partial charge on any atom is 0.128 e. The van der Waals surface area contributed by atoms with E-state index >= 15 is 0 Å². The molecule has 0 aliphatic rings. The lowest BCUT2D eigenvalue weighted by molar-refractivity contribution is 0.146. The number of benzene rings is 1. The van der Waals surface area contributed by atoms with Gasteiger partial charge in [0.1, 0.15) is 18.2 Å². The van der Waals surface area contributed by atoms with Crippen LogP contribution in [0.25, 0.3) is 0 Å². The zero-order valence-corrected chi connectivity index (χ0v) is 12.7. The monoisotopic (exact) mass is 289 g/mol. The molecule has 2 aromatic rings. The third-order valence-electron chi connectivity index (χ3n) is 3.11. The normalized spacial score (nSPS) is 10.6. The van der Waals surface area contributed by atoms with Crippen molar-refractivity contribution in [2.75, 3.05) is 25.6 Å². The molecular weight excluding hydrogens is 266 g/mol. The summed E-state index contributed by atoms with van der Waals surface area (Å²) in [6, 6.07) is 7.93. The molecule has 5 nitrogen and oxygen atoms in total. The van der Waals surface area contributed by atoms with Crippen molar-refractivity contribution in [2.45, 2.75) is 26.4 Å². The van der Waals surface area contributed by atoms with Gasteiger partial charge < -0.3 is 19.4 Å². The van der Waals surface area contributed by atoms with Crippen LogP contribution in [-0.4, -0.2) is 29.9 Å². The lowest BCUT2D eigenvalue weighted by atomic mass is 10.3. The molecule has 0 spiro atoms. The van der Waals surface area contributed by atoms with Crippen LogP contribution in [0.1, 0.15) is 19.2 Å². The van der Waals surface area contributed by atoms with Gasteiger partial charge in [-0.3, -0.25) is 0 Å². The SMILES string of the molecule is CCCn1ccnc1CNc1cccc(OCCOC)c1. The number of rotatable bonds is 9. The van der Waals surface area contributed by atoms with Crippen LogP contribution < -0.4 is 10.1 Å². The molecule has 0 aliphatic carbocycles. The fraction of sp³-hybridized carbons (Fsp3) is 0.438. The molecule has 114 valence electrons. The van der Waals surface area contributed by atoms with Crippen LogP contribution >= 0.6 is 0 Å². The molecule has 0 saturated carbocycles. The van der Waals surface area contributed by atoms with Gasteiger partial charge in [0.05, 0.1) is 13.2 Å². The highest BCUT2D eigenvalue weighted by Gasteiger charge is 2.02. The van der Waals surface area contributed by atoms with Crippen LogP contribution in [0, 0.1) is 0 Å². The second-order valence-electron chi connectivity index (χ2n) is 4.76. The van der Waals surface area contributed by atoms with Gasteiger partial charge in [-0.2, -0.15) is 0 Å². The van der Waals surface area contributed by atoms with Crippen molar-refractivity contribution in [3.8, 4) is 5.75 Å². The van der Waals surface area contributed by atoms with Gasteiger partial charge in [-0.25, -0.2) is 4.98 Å². The first-order valence-electron chi connectivity index (χ1n) is 7.29. The van der Waals surface area contributed by atoms with Gasteiger partial charge in [-0.15, -0.1) is 0 Å². The predicted molar refractivity (Wildman–Crippen MR) is 83.7 cm³/mol. The van der Waals surface area contributed by atoms with Gasteiger partial charge in [0, 0.05) is 37.8 Å². The molecule has 0 atom stereocenters. The summed E-state index contributed by atoms with van der Waals surface area (Å²) in [5.41, 5.74) is 1.02. The Morgan fingerprint density at radius 1 is 1.29 bits per heavy atom. The highest BCUT2D eigenvalue weighted by atomic mass is 16.5. The van der Waals surface area contributed by atoms with E-state index in [0.29, 0.717) is 19.8 Å².